The van der Waals surface area contributed by atoms with Crippen LogP contribution in [-0.4, -0.2) is 47.6 Å². The van der Waals surface area contributed by atoms with Crippen LogP contribution in [0.15, 0.2) is 66.7 Å². The highest BCUT2D eigenvalue weighted by Gasteiger charge is 2.38. The Bertz CT molecular complexity index is 1120. The molecule has 4 rings (SSSR count). The molecule has 0 saturated carbocycles. The van der Waals surface area contributed by atoms with Crippen molar-refractivity contribution in [2.75, 3.05) is 19.8 Å². The van der Waals surface area contributed by atoms with Gasteiger partial charge >= 0.3 is 6.09 Å². The first kappa shape index (κ1) is 25.0. The minimum atomic E-state index is -0.581. The van der Waals surface area contributed by atoms with Gasteiger partial charge in [-0.2, -0.15) is 0 Å². The van der Waals surface area contributed by atoms with Crippen molar-refractivity contribution in [1.29, 1.82) is 0 Å². The fourth-order valence-electron chi connectivity index (χ4n) is 4.51. The van der Waals surface area contributed by atoms with E-state index in [9.17, 15) is 4.79 Å². The van der Waals surface area contributed by atoms with E-state index >= 15 is 0 Å². The van der Waals surface area contributed by atoms with Crippen molar-refractivity contribution in [1.82, 2.24) is 4.90 Å². The van der Waals surface area contributed by atoms with Crippen LogP contribution in [-0.2, 0) is 16.1 Å². The fraction of sp³-hybridized carbons (Fsp3) is 0.414. The quantitative estimate of drug-likeness (QED) is 0.461. The summed E-state index contributed by atoms with van der Waals surface area (Å²) in [6.45, 7) is 6.91. The van der Waals surface area contributed by atoms with E-state index < -0.39 is 5.60 Å². The number of piperidine rings is 1. The number of carbonyl (C=O) groups is 1. The number of rotatable bonds is 7. The molecule has 3 aromatic rings. The summed E-state index contributed by atoms with van der Waals surface area (Å²) in [5.74, 6) is 0.677. The second kappa shape index (κ2) is 11.1. The lowest BCUT2D eigenvalue weighted by molar-refractivity contribution is -0.0600. The third-order valence-corrected chi connectivity index (χ3v) is 6.06. The van der Waals surface area contributed by atoms with E-state index in [1.807, 2.05) is 57.2 Å². The minimum absolute atomic E-state index is 0.0402. The van der Waals surface area contributed by atoms with Crippen LogP contribution in [0.4, 0.5) is 4.79 Å². The SMILES string of the molecule is CC(C)(C)OC(=O)N1CCCC(OCc2ccc3ccccc3c2)C1c1ccc(OCCO)cc1. The molecule has 3 aromatic carbocycles. The van der Waals surface area contributed by atoms with Gasteiger partial charge < -0.3 is 19.3 Å². The maximum absolute atomic E-state index is 13.2. The lowest BCUT2D eigenvalue weighted by Gasteiger charge is -2.41. The minimum Gasteiger partial charge on any atom is -0.491 e. The molecule has 1 aliphatic heterocycles. The number of aliphatic hydroxyl groups is 1. The molecule has 1 heterocycles. The molecule has 0 bridgehead atoms. The molecule has 6 heteroatoms. The van der Waals surface area contributed by atoms with Crippen LogP contribution in [0.25, 0.3) is 10.8 Å². The molecular weight excluding hydrogens is 442 g/mol. The zero-order valence-corrected chi connectivity index (χ0v) is 20.8. The van der Waals surface area contributed by atoms with Gasteiger partial charge in [-0.25, -0.2) is 4.79 Å². The summed E-state index contributed by atoms with van der Waals surface area (Å²) in [7, 11) is 0. The van der Waals surface area contributed by atoms with Crippen molar-refractivity contribution in [2.24, 2.45) is 0 Å². The number of likely N-dealkylation sites (tertiary alicyclic amines) is 1. The summed E-state index contributed by atoms with van der Waals surface area (Å²) in [6, 6.07) is 22.0. The van der Waals surface area contributed by atoms with Gasteiger partial charge in [-0.1, -0.05) is 48.5 Å². The van der Waals surface area contributed by atoms with Gasteiger partial charge in [-0.15, -0.1) is 0 Å². The van der Waals surface area contributed by atoms with Gasteiger partial charge in [0.2, 0.25) is 0 Å². The van der Waals surface area contributed by atoms with Gasteiger partial charge in [0.15, 0.2) is 0 Å². The number of nitrogens with zero attached hydrogens (tertiary/aromatic N) is 1. The molecule has 0 aliphatic carbocycles. The summed E-state index contributed by atoms with van der Waals surface area (Å²) in [6.07, 6.45) is 1.19. The zero-order chi connectivity index (χ0) is 24.8. The Kier molecular flexibility index (Phi) is 7.93. The van der Waals surface area contributed by atoms with Crippen molar-refractivity contribution in [3.8, 4) is 5.75 Å². The van der Waals surface area contributed by atoms with E-state index in [0.717, 1.165) is 24.0 Å². The number of carbonyl (C=O) groups excluding carboxylic acids is 1. The second-order valence-corrected chi connectivity index (χ2v) is 9.93. The van der Waals surface area contributed by atoms with Crippen molar-refractivity contribution in [3.05, 3.63) is 77.9 Å². The Morgan fingerprint density at radius 2 is 1.77 bits per heavy atom. The monoisotopic (exact) mass is 477 g/mol. The number of amides is 1. The Morgan fingerprint density at radius 1 is 1.03 bits per heavy atom. The molecular formula is C29H35NO5. The molecule has 1 aliphatic rings. The largest absolute Gasteiger partial charge is 0.491 e. The Morgan fingerprint density at radius 3 is 2.49 bits per heavy atom. The topological polar surface area (TPSA) is 68.2 Å². The summed E-state index contributed by atoms with van der Waals surface area (Å²) >= 11 is 0. The highest BCUT2D eigenvalue weighted by atomic mass is 16.6. The van der Waals surface area contributed by atoms with Crippen LogP contribution in [0.5, 0.6) is 5.75 Å². The predicted octanol–water partition coefficient (Wildman–Crippen LogP) is 5.87. The number of aliphatic hydroxyl groups excluding tert-OH is 1. The molecule has 1 saturated heterocycles. The number of benzene rings is 3. The van der Waals surface area contributed by atoms with Crippen molar-refractivity contribution in [3.63, 3.8) is 0 Å². The van der Waals surface area contributed by atoms with E-state index in [1.54, 1.807) is 4.90 Å². The van der Waals surface area contributed by atoms with Gasteiger partial charge in [0.1, 0.15) is 18.0 Å². The molecule has 1 N–H and O–H groups in total. The standard InChI is InChI=1S/C29H35NO5/c1-29(2,3)35-28(32)30-16-6-9-26(27(30)23-12-14-25(15-13-23)33-18-17-31)34-20-21-10-11-22-7-4-5-8-24(22)19-21/h4-5,7-8,10-15,19,26-27,31H,6,9,16-18,20H2,1-3H3. The second-order valence-electron chi connectivity index (χ2n) is 9.93. The van der Waals surface area contributed by atoms with Crippen LogP contribution in [0, 0.1) is 0 Å². The molecule has 35 heavy (non-hydrogen) atoms. The van der Waals surface area contributed by atoms with Crippen molar-refractivity contribution < 1.29 is 24.1 Å². The van der Waals surface area contributed by atoms with E-state index in [1.165, 1.54) is 10.8 Å². The third-order valence-electron chi connectivity index (χ3n) is 6.06. The summed E-state index contributed by atoms with van der Waals surface area (Å²) in [5, 5.41) is 11.4. The average molecular weight is 478 g/mol. The number of fused-ring (bicyclic) bond motifs is 1. The Labute approximate surface area is 207 Å². The van der Waals surface area contributed by atoms with Crippen LogP contribution in [0.1, 0.15) is 50.8 Å². The third kappa shape index (κ3) is 6.53. The number of hydrogen-bond acceptors (Lipinski definition) is 5. The average Bonchev–Trinajstić information content (AvgIpc) is 2.85. The first-order chi connectivity index (χ1) is 16.8. The molecule has 0 aromatic heterocycles. The van der Waals surface area contributed by atoms with Gasteiger partial charge in [0.25, 0.3) is 0 Å². The van der Waals surface area contributed by atoms with Crippen LogP contribution in [0.2, 0.25) is 0 Å². The predicted molar refractivity (Wildman–Crippen MR) is 136 cm³/mol. The lowest BCUT2D eigenvalue weighted by atomic mass is 9.92. The first-order valence-electron chi connectivity index (χ1n) is 12.3. The summed E-state index contributed by atoms with van der Waals surface area (Å²) in [4.78, 5) is 15.0. The van der Waals surface area contributed by atoms with Crippen LogP contribution >= 0.6 is 0 Å². The van der Waals surface area contributed by atoms with Crippen molar-refractivity contribution in [2.45, 2.75) is 58.0 Å². The molecule has 6 nitrogen and oxygen atoms in total. The normalized spacial score (nSPS) is 18.5. The van der Waals surface area contributed by atoms with Crippen molar-refractivity contribution >= 4 is 16.9 Å². The Hall–Kier alpha value is -3.09. The summed E-state index contributed by atoms with van der Waals surface area (Å²) < 4.78 is 17.7. The molecule has 0 spiro atoms. The lowest BCUT2D eigenvalue weighted by Crippen LogP contribution is -2.47. The molecule has 1 fully saturated rings. The molecule has 2 unspecified atom stereocenters. The van der Waals surface area contributed by atoms with Gasteiger partial charge in [-0.3, -0.25) is 4.90 Å². The number of hydrogen-bond donors (Lipinski definition) is 1. The smallest absolute Gasteiger partial charge is 0.410 e. The van der Waals surface area contributed by atoms with E-state index in [2.05, 4.69) is 30.3 Å². The van der Waals surface area contributed by atoms with Gasteiger partial charge in [-0.05, 0) is 73.7 Å². The molecule has 2 atom stereocenters. The highest BCUT2D eigenvalue weighted by molar-refractivity contribution is 5.82. The van der Waals surface area contributed by atoms with Crippen LogP contribution in [0.3, 0.4) is 0 Å². The maximum atomic E-state index is 13.2. The molecule has 1 amide bonds. The van der Waals surface area contributed by atoms with Crippen LogP contribution < -0.4 is 4.74 Å². The highest BCUT2D eigenvalue weighted by Crippen LogP contribution is 2.36. The summed E-state index contributed by atoms with van der Waals surface area (Å²) in [5.41, 5.74) is 1.49. The fourth-order valence-corrected chi connectivity index (χ4v) is 4.51. The Balaban J connectivity index is 1.56. The first-order valence-corrected chi connectivity index (χ1v) is 12.3. The maximum Gasteiger partial charge on any atom is 0.410 e. The van der Waals surface area contributed by atoms with E-state index in [0.29, 0.717) is 18.9 Å². The van der Waals surface area contributed by atoms with E-state index in [-0.39, 0.29) is 31.5 Å². The van der Waals surface area contributed by atoms with E-state index in [4.69, 9.17) is 19.3 Å². The van der Waals surface area contributed by atoms with Gasteiger partial charge in [0.05, 0.1) is 25.4 Å². The number of ether oxygens (including phenoxy) is 3. The zero-order valence-electron chi connectivity index (χ0n) is 20.8. The van der Waals surface area contributed by atoms with Gasteiger partial charge in [0, 0.05) is 6.54 Å². The molecule has 186 valence electrons. The molecule has 0 radical (unpaired) electrons.